The van der Waals surface area contributed by atoms with Crippen LogP contribution in [0.15, 0.2) is 59.5 Å². The predicted octanol–water partition coefficient (Wildman–Crippen LogP) is 2.55. The van der Waals surface area contributed by atoms with Crippen molar-refractivity contribution in [1.82, 2.24) is 4.90 Å². The van der Waals surface area contributed by atoms with E-state index in [1.807, 2.05) is 37.2 Å². The van der Waals surface area contributed by atoms with Crippen LogP contribution in [0.3, 0.4) is 0 Å². The molecule has 2 rings (SSSR count). The predicted molar refractivity (Wildman–Crippen MR) is 81.1 cm³/mol. The van der Waals surface area contributed by atoms with E-state index >= 15 is 0 Å². The molecule has 0 amide bonds. The largest absolute Gasteiger partial charge is 0.305 e. The summed E-state index contributed by atoms with van der Waals surface area (Å²) in [6.07, 6.45) is 0. The minimum Gasteiger partial charge on any atom is -0.305 e. The molecule has 20 heavy (non-hydrogen) atoms. The first-order valence-electron chi connectivity index (χ1n) is 6.29. The Bertz CT molecular complexity index is 667. The van der Waals surface area contributed by atoms with Crippen molar-refractivity contribution in [3.8, 4) is 0 Å². The topological polar surface area (TPSA) is 49.4 Å². The lowest BCUT2D eigenvalue weighted by Gasteiger charge is -2.12. The zero-order valence-corrected chi connectivity index (χ0v) is 12.4. The summed E-state index contributed by atoms with van der Waals surface area (Å²) in [5.41, 5.74) is 1.64. The Morgan fingerprint density at radius 3 is 2.35 bits per heavy atom. The fraction of sp³-hybridized carbons (Fsp3) is 0.200. The molecule has 5 heteroatoms. The molecule has 0 saturated carbocycles. The number of rotatable bonds is 5. The number of nitrogens with one attached hydrogen (secondary N) is 1. The van der Waals surface area contributed by atoms with Gasteiger partial charge in [0.25, 0.3) is 10.0 Å². The number of hydrogen-bond donors (Lipinski definition) is 1. The number of benzene rings is 2. The first-order valence-corrected chi connectivity index (χ1v) is 7.77. The summed E-state index contributed by atoms with van der Waals surface area (Å²) < 4.78 is 27.0. The van der Waals surface area contributed by atoms with Crippen LogP contribution in [0.25, 0.3) is 0 Å². The molecular formula is C15H18N2O2S. The van der Waals surface area contributed by atoms with Gasteiger partial charge in [-0.2, -0.15) is 0 Å². The minimum atomic E-state index is -3.52. The highest BCUT2D eigenvalue weighted by molar-refractivity contribution is 7.92. The van der Waals surface area contributed by atoms with Crippen molar-refractivity contribution in [2.24, 2.45) is 0 Å². The summed E-state index contributed by atoms with van der Waals surface area (Å²) >= 11 is 0. The Morgan fingerprint density at radius 1 is 1.00 bits per heavy atom. The molecule has 0 bridgehead atoms. The molecule has 2 aromatic rings. The van der Waals surface area contributed by atoms with E-state index < -0.39 is 10.0 Å². The normalized spacial score (nSPS) is 11.6. The third kappa shape index (κ3) is 3.82. The van der Waals surface area contributed by atoms with E-state index in [2.05, 4.69) is 4.72 Å². The molecule has 1 N–H and O–H groups in total. The van der Waals surface area contributed by atoms with Gasteiger partial charge < -0.3 is 4.90 Å². The molecule has 0 aliphatic carbocycles. The van der Waals surface area contributed by atoms with Gasteiger partial charge in [0.1, 0.15) is 0 Å². The summed E-state index contributed by atoms with van der Waals surface area (Å²) in [6.45, 7) is 0.765. The van der Waals surface area contributed by atoms with Crippen LogP contribution in [-0.2, 0) is 16.6 Å². The van der Waals surface area contributed by atoms with E-state index in [0.29, 0.717) is 5.69 Å². The fourth-order valence-electron chi connectivity index (χ4n) is 1.91. The molecule has 0 unspecified atom stereocenters. The van der Waals surface area contributed by atoms with Crippen molar-refractivity contribution < 1.29 is 8.42 Å². The fourth-order valence-corrected chi connectivity index (χ4v) is 2.98. The molecule has 0 spiro atoms. The van der Waals surface area contributed by atoms with Crippen LogP contribution in [0.2, 0.25) is 0 Å². The summed E-state index contributed by atoms with van der Waals surface area (Å²) in [6, 6.07) is 15.8. The van der Waals surface area contributed by atoms with Gasteiger partial charge in [-0.05, 0) is 43.9 Å². The zero-order chi connectivity index (χ0) is 14.6. The Kier molecular flexibility index (Phi) is 4.42. The van der Waals surface area contributed by atoms with Crippen molar-refractivity contribution in [3.63, 3.8) is 0 Å². The molecule has 0 fully saturated rings. The van der Waals surface area contributed by atoms with Gasteiger partial charge in [-0.15, -0.1) is 0 Å². The molecule has 0 heterocycles. The van der Waals surface area contributed by atoms with Gasteiger partial charge >= 0.3 is 0 Å². The Morgan fingerprint density at radius 2 is 1.70 bits per heavy atom. The lowest BCUT2D eigenvalue weighted by atomic mass is 10.2. The lowest BCUT2D eigenvalue weighted by Crippen LogP contribution is -2.14. The number of sulfonamides is 1. The second kappa shape index (κ2) is 6.07. The maximum Gasteiger partial charge on any atom is 0.261 e. The first-order chi connectivity index (χ1) is 9.47. The molecule has 0 saturated heterocycles. The standard InChI is InChI=1S/C15H18N2O2S/c1-17(2)12-13-7-6-8-14(11-13)16-20(18,19)15-9-4-3-5-10-15/h3-11,16H,12H2,1-2H3. The summed E-state index contributed by atoms with van der Waals surface area (Å²) in [5, 5.41) is 0. The van der Waals surface area contributed by atoms with Gasteiger partial charge in [0.2, 0.25) is 0 Å². The Balaban J connectivity index is 2.22. The highest BCUT2D eigenvalue weighted by Crippen LogP contribution is 2.17. The van der Waals surface area contributed by atoms with Crippen LogP contribution in [0, 0.1) is 0 Å². The van der Waals surface area contributed by atoms with Gasteiger partial charge in [-0.25, -0.2) is 8.42 Å². The van der Waals surface area contributed by atoms with Crippen molar-refractivity contribution in [1.29, 1.82) is 0 Å². The van der Waals surface area contributed by atoms with Crippen LogP contribution in [0.1, 0.15) is 5.56 Å². The highest BCUT2D eigenvalue weighted by atomic mass is 32.2. The SMILES string of the molecule is CN(C)Cc1cccc(NS(=O)(=O)c2ccccc2)c1. The van der Waals surface area contributed by atoms with Crippen LogP contribution in [-0.4, -0.2) is 27.4 Å². The molecule has 2 aromatic carbocycles. The molecule has 0 aromatic heterocycles. The van der Waals surface area contributed by atoms with Crippen LogP contribution in [0.5, 0.6) is 0 Å². The number of nitrogens with zero attached hydrogens (tertiary/aromatic N) is 1. The molecule has 4 nitrogen and oxygen atoms in total. The molecule has 0 radical (unpaired) electrons. The van der Waals surface area contributed by atoms with E-state index in [4.69, 9.17) is 0 Å². The molecule has 0 aliphatic rings. The second-order valence-electron chi connectivity index (χ2n) is 4.86. The first kappa shape index (κ1) is 14.6. The van der Waals surface area contributed by atoms with Crippen molar-refractivity contribution in [3.05, 3.63) is 60.2 Å². The Labute approximate surface area is 120 Å². The third-order valence-electron chi connectivity index (χ3n) is 2.73. The molecule has 0 atom stereocenters. The quantitative estimate of drug-likeness (QED) is 0.920. The Hall–Kier alpha value is -1.85. The molecular weight excluding hydrogens is 272 g/mol. The van der Waals surface area contributed by atoms with Crippen LogP contribution < -0.4 is 4.72 Å². The van der Waals surface area contributed by atoms with E-state index in [9.17, 15) is 8.42 Å². The van der Waals surface area contributed by atoms with E-state index in [1.54, 1.807) is 36.4 Å². The molecule has 0 aliphatic heterocycles. The smallest absolute Gasteiger partial charge is 0.261 e. The molecule has 106 valence electrons. The summed E-state index contributed by atoms with van der Waals surface area (Å²) in [7, 11) is 0.424. The minimum absolute atomic E-state index is 0.262. The summed E-state index contributed by atoms with van der Waals surface area (Å²) in [4.78, 5) is 2.29. The maximum atomic E-state index is 12.2. The monoisotopic (exact) mass is 290 g/mol. The van der Waals surface area contributed by atoms with E-state index in [1.165, 1.54) is 0 Å². The highest BCUT2D eigenvalue weighted by Gasteiger charge is 2.13. The van der Waals surface area contributed by atoms with Gasteiger partial charge in [-0.3, -0.25) is 4.72 Å². The van der Waals surface area contributed by atoms with Crippen molar-refractivity contribution in [2.45, 2.75) is 11.4 Å². The third-order valence-corrected chi connectivity index (χ3v) is 4.13. The van der Waals surface area contributed by atoms with Crippen molar-refractivity contribution in [2.75, 3.05) is 18.8 Å². The average molecular weight is 290 g/mol. The van der Waals surface area contributed by atoms with Crippen LogP contribution in [0.4, 0.5) is 5.69 Å². The van der Waals surface area contributed by atoms with Gasteiger partial charge in [-0.1, -0.05) is 30.3 Å². The summed E-state index contributed by atoms with van der Waals surface area (Å²) in [5.74, 6) is 0. The second-order valence-corrected chi connectivity index (χ2v) is 6.54. The van der Waals surface area contributed by atoms with Crippen molar-refractivity contribution >= 4 is 15.7 Å². The lowest BCUT2D eigenvalue weighted by molar-refractivity contribution is 0.402. The average Bonchev–Trinajstić information content (AvgIpc) is 2.39. The maximum absolute atomic E-state index is 12.2. The van der Waals surface area contributed by atoms with Gasteiger partial charge in [0.05, 0.1) is 4.90 Å². The zero-order valence-electron chi connectivity index (χ0n) is 11.6. The van der Waals surface area contributed by atoms with Crippen LogP contribution >= 0.6 is 0 Å². The van der Waals surface area contributed by atoms with Gasteiger partial charge in [0, 0.05) is 12.2 Å². The van der Waals surface area contributed by atoms with E-state index in [0.717, 1.165) is 12.1 Å². The van der Waals surface area contributed by atoms with Gasteiger partial charge in [0.15, 0.2) is 0 Å². The number of anilines is 1. The van der Waals surface area contributed by atoms with E-state index in [-0.39, 0.29) is 4.90 Å². The number of hydrogen-bond acceptors (Lipinski definition) is 3.